The van der Waals surface area contributed by atoms with E-state index in [-0.39, 0.29) is 11.3 Å². The van der Waals surface area contributed by atoms with E-state index in [1.165, 1.54) is 0 Å². The second-order valence-electron chi connectivity index (χ2n) is 8.78. The molecule has 142 valence electrons. The fraction of sp³-hybridized carbons (Fsp3) is 0.947. The number of nitrogens with zero attached hydrogens (tertiary/aromatic N) is 2. The third kappa shape index (κ3) is 8.45. The van der Waals surface area contributed by atoms with Crippen LogP contribution in [-0.4, -0.2) is 73.7 Å². The normalized spacial score (nSPS) is 20.2. The molecule has 0 radical (unpaired) electrons. The summed E-state index contributed by atoms with van der Waals surface area (Å²) in [6.45, 7) is 21.1. The van der Waals surface area contributed by atoms with Crippen molar-refractivity contribution in [3.05, 3.63) is 0 Å². The quantitative estimate of drug-likeness (QED) is 0.735. The molecule has 0 aromatic heterocycles. The number of hydrogen-bond donors (Lipinski definition) is 1. The Kier molecular flexibility index (Phi) is 8.68. The summed E-state index contributed by atoms with van der Waals surface area (Å²) in [4.78, 5) is 16.7. The summed E-state index contributed by atoms with van der Waals surface area (Å²) in [6.07, 6.45) is 0.306. The van der Waals surface area contributed by atoms with Gasteiger partial charge in [-0.05, 0) is 25.2 Å². The highest BCUT2D eigenvalue weighted by atomic mass is 16.5. The van der Waals surface area contributed by atoms with Crippen LogP contribution in [0.3, 0.4) is 0 Å². The van der Waals surface area contributed by atoms with Crippen LogP contribution >= 0.6 is 0 Å². The van der Waals surface area contributed by atoms with Gasteiger partial charge < -0.3 is 10.1 Å². The largest absolute Gasteiger partial charge is 0.377 e. The molecule has 1 aliphatic heterocycles. The van der Waals surface area contributed by atoms with Gasteiger partial charge in [0.1, 0.15) is 0 Å². The van der Waals surface area contributed by atoms with E-state index < -0.39 is 0 Å². The summed E-state index contributed by atoms with van der Waals surface area (Å²) in [5, 5.41) is 3.03. The number of nitrogens with one attached hydrogen (secondary N) is 1. The van der Waals surface area contributed by atoms with E-state index in [4.69, 9.17) is 4.74 Å². The Balaban J connectivity index is 2.24. The summed E-state index contributed by atoms with van der Waals surface area (Å²) in [5.74, 6) is 0.696. The molecule has 1 N–H and O–H groups in total. The molecule has 1 rings (SSSR count). The molecule has 0 spiro atoms. The Hall–Kier alpha value is -0.650. The van der Waals surface area contributed by atoms with Crippen LogP contribution in [0.2, 0.25) is 0 Å². The zero-order valence-corrected chi connectivity index (χ0v) is 16.9. The van der Waals surface area contributed by atoms with E-state index in [9.17, 15) is 4.79 Å². The van der Waals surface area contributed by atoms with Crippen molar-refractivity contribution in [2.75, 3.05) is 45.9 Å². The maximum atomic E-state index is 12.0. The number of rotatable bonds is 8. The molecule has 1 heterocycles. The second kappa shape index (κ2) is 9.73. The van der Waals surface area contributed by atoms with Crippen LogP contribution in [0.4, 0.5) is 0 Å². The van der Waals surface area contributed by atoms with Gasteiger partial charge in [0, 0.05) is 38.8 Å². The number of carbonyl (C=O) groups is 1. The molecular weight excluding hydrogens is 302 g/mol. The van der Waals surface area contributed by atoms with Gasteiger partial charge in [0.2, 0.25) is 5.91 Å². The first-order valence-electron chi connectivity index (χ1n) is 9.43. The van der Waals surface area contributed by atoms with Gasteiger partial charge in [-0.3, -0.25) is 14.6 Å². The van der Waals surface area contributed by atoms with Gasteiger partial charge >= 0.3 is 0 Å². The highest BCUT2D eigenvalue weighted by molar-refractivity contribution is 5.78. The van der Waals surface area contributed by atoms with E-state index in [0.29, 0.717) is 24.6 Å². The zero-order chi connectivity index (χ0) is 18.3. The highest BCUT2D eigenvalue weighted by Crippen LogP contribution is 2.11. The molecule has 5 nitrogen and oxygen atoms in total. The summed E-state index contributed by atoms with van der Waals surface area (Å²) in [6, 6.07) is 0.433. The molecule has 1 fully saturated rings. The fourth-order valence-corrected chi connectivity index (χ4v) is 2.57. The van der Waals surface area contributed by atoms with Crippen molar-refractivity contribution in [2.45, 2.75) is 60.6 Å². The van der Waals surface area contributed by atoms with Crippen molar-refractivity contribution in [1.29, 1.82) is 0 Å². The highest BCUT2D eigenvalue weighted by Gasteiger charge is 2.23. The summed E-state index contributed by atoms with van der Waals surface area (Å²) in [5.41, 5.74) is 0.136. The van der Waals surface area contributed by atoms with E-state index >= 15 is 0 Å². The van der Waals surface area contributed by atoms with Crippen LogP contribution in [-0.2, 0) is 9.53 Å². The fourth-order valence-electron chi connectivity index (χ4n) is 2.57. The number of carbonyl (C=O) groups excluding carboxylic acids is 1. The topological polar surface area (TPSA) is 44.8 Å². The molecule has 1 unspecified atom stereocenters. The third-order valence-corrected chi connectivity index (χ3v) is 4.75. The van der Waals surface area contributed by atoms with Crippen LogP contribution in [0.5, 0.6) is 0 Å². The minimum atomic E-state index is 0.136. The Morgan fingerprint density at radius 1 is 1.08 bits per heavy atom. The number of piperazine rings is 1. The maximum absolute atomic E-state index is 12.0. The molecule has 1 saturated heterocycles. The van der Waals surface area contributed by atoms with E-state index in [0.717, 1.165) is 39.3 Å². The lowest BCUT2D eigenvalue weighted by atomic mass is 9.97. The molecule has 0 saturated carbocycles. The average Bonchev–Trinajstić information content (AvgIpc) is 2.50. The first kappa shape index (κ1) is 21.4. The molecule has 24 heavy (non-hydrogen) atoms. The predicted molar refractivity (Wildman–Crippen MR) is 100 cm³/mol. The lowest BCUT2D eigenvalue weighted by Gasteiger charge is -2.38. The molecule has 0 aromatic carbocycles. The van der Waals surface area contributed by atoms with Crippen molar-refractivity contribution in [2.24, 2.45) is 11.3 Å². The monoisotopic (exact) mass is 341 g/mol. The first-order chi connectivity index (χ1) is 11.1. The summed E-state index contributed by atoms with van der Waals surface area (Å²) < 4.78 is 5.95. The van der Waals surface area contributed by atoms with Crippen molar-refractivity contribution >= 4 is 5.91 Å². The molecule has 1 aliphatic rings. The van der Waals surface area contributed by atoms with Crippen molar-refractivity contribution in [3.63, 3.8) is 0 Å². The van der Waals surface area contributed by atoms with Crippen molar-refractivity contribution in [1.82, 2.24) is 15.1 Å². The van der Waals surface area contributed by atoms with Crippen LogP contribution in [0.15, 0.2) is 0 Å². The second-order valence-corrected chi connectivity index (χ2v) is 8.78. The SMILES string of the molecule is CC(C)[C@H](C)OCC(C)N1CCN(CC(=O)NCC(C)(C)C)CC1. The predicted octanol–water partition coefficient (Wildman–Crippen LogP) is 2.22. The van der Waals surface area contributed by atoms with E-state index in [2.05, 4.69) is 63.6 Å². The number of amides is 1. The number of hydrogen-bond acceptors (Lipinski definition) is 4. The molecule has 0 aliphatic carbocycles. The summed E-state index contributed by atoms with van der Waals surface area (Å²) in [7, 11) is 0. The first-order valence-corrected chi connectivity index (χ1v) is 9.43. The molecule has 2 atom stereocenters. The van der Waals surface area contributed by atoms with Crippen molar-refractivity contribution < 1.29 is 9.53 Å². The van der Waals surface area contributed by atoms with Crippen molar-refractivity contribution in [3.8, 4) is 0 Å². The molecule has 0 bridgehead atoms. The van der Waals surface area contributed by atoms with Crippen LogP contribution in [0, 0.1) is 11.3 Å². The molecule has 0 aromatic rings. The Labute approximate surface area is 149 Å². The van der Waals surface area contributed by atoms with E-state index in [1.807, 2.05) is 0 Å². The van der Waals surface area contributed by atoms with Crippen LogP contribution < -0.4 is 5.32 Å². The van der Waals surface area contributed by atoms with Crippen LogP contribution in [0.25, 0.3) is 0 Å². The molecular formula is C19H39N3O2. The smallest absolute Gasteiger partial charge is 0.234 e. The Morgan fingerprint density at radius 3 is 2.17 bits per heavy atom. The lowest BCUT2D eigenvalue weighted by molar-refractivity contribution is -0.123. The van der Waals surface area contributed by atoms with Gasteiger partial charge in [0.05, 0.1) is 19.3 Å². The molecule has 1 amide bonds. The maximum Gasteiger partial charge on any atom is 0.234 e. The minimum Gasteiger partial charge on any atom is -0.377 e. The van der Waals surface area contributed by atoms with Gasteiger partial charge in [-0.15, -0.1) is 0 Å². The average molecular weight is 342 g/mol. The van der Waals surface area contributed by atoms with Crippen LogP contribution in [0.1, 0.15) is 48.5 Å². The standard InChI is InChI=1S/C19H39N3O2/c1-15(2)17(4)24-13-16(3)22-10-8-21(9-11-22)12-18(23)20-14-19(5,6)7/h15-17H,8-14H2,1-7H3,(H,20,23)/t16?,17-/m0/s1. The third-order valence-electron chi connectivity index (χ3n) is 4.75. The van der Waals surface area contributed by atoms with Gasteiger partial charge in [-0.2, -0.15) is 0 Å². The van der Waals surface area contributed by atoms with Gasteiger partial charge in [0.25, 0.3) is 0 Å². The minimum absolute atomic E-state index is 0.136. The Morgan fingerprint density at radius 2 is 1.67 bits per heavy atom. The van der Waals surface area contributed by atoms with E-state index in [1.54, 1.807) is 0 Å². The number of ether oxygens (including phenoxy) is 1. The molecule has 5 heteroatoms. The van der Waals surface area contributed by atoms with Gasteiger partial charge in [-0.1, -0.05) is 34.6 Å². The van der Waals surface area contributed by atoms with Gasteiger partial charge in [0.15, 0.2) is 0 Å². The lowest BCUT2D eigenvalue weighted by Crippen LogP contribution is -2.53. The summed E-state index contributed by atoms with van der Waals surface area (Å²) >= 11 is 0. The zero-order valence-electron chi connectivity index (χ0n) is 16.9. The van der Waals surface area contributed by atoms with Gasteiger partial charge in [-0.25, -0.2) is 0 Å². The Bertz CT molecular complexity index is 371.